The Kier molecular flexibility index (Phi) is 3.78. The average Bonchev–Trinajstić information content (AvgIpc) is 3.22. The standard InChI is InChI=1S/C19H14FNO2S/c20-13-7-9-14(10-8-13)21(12-15-4-3-11-24-15)18-16-5-1-2-6-17(16)19(22)23-18/h1-11,18H,12H2. The van der Waals surface area contributed by atoms with Crippen molar-refractivity contribution in [1.29, 1.82) is 0 Å². The molecule has 2 heterocycles. The molecule has 120 valence electrons. The predicted molar refractivity (Wildman–Crippen MR) is 91.5 cm³/mol. The van der Waals surface area contributed by atoms with Gasteiger partial charge in [-0.2, -0.15) is 0 Å². The second-order valence-electron chi connectivity index (χ2n) is 5.53. The Bertz CT molecular complexity index is 861. The highest BCUT2D eigenvalue weighted by Gasteiger charge is 2.35. The van der Waals surface area contributed by atoms with Gasteiger partial charge in [-0.3, -0.25) is 0 Å². The zero-order valence-electron chi connectivity index (χ0n) is 12.7. The molecule has 0 saturated heterocycles. The molecule has 0 spiro atoms. The van der Waals surface area contributed by atoms with Gasteiger partial charge in [0.25, 0.3) is 0 Å². The number of halogens is 1. The minimum Gasteiger partial charge on any atom is -0.434 e. The number of benzene rings is 2. The van der Waals surface area contributed by atoms with Crippen LogP contribution in [0.2, 0.25) is 0 Å². The molecule has 3 nitrogen and oxygen atoms in total. The average molecular weight is 339 g/mol. The van der Waals surface area contributed by atoms with Gasteiger partial charge in [-0.15, -0.1) is 11.3 Å². The van der Waals surface area contributed by atoms with Gasteiger partial charge in [-0.05, 0) is 41.8 Å². The van der Waals surface area contributed by atoms with Gasteiger partial charge in [0.05, 0.1) is 12.1 Å². The van der Waals surface area contributed by atoms with Crippen molar-refractivity contribution in [3.8, 4) is 0 Å². The normalized spacial score (nSPS) is 15.9. The number of ether oxygens (including phenoxy) is 1. The first-order chi connectivity index (χ1) is 11.7. The summed E-state index contributed by atoms with van der Waals surface area (Å²) in [6.45, 7) is 0.579. The number of thiophene rings is 1. The van der Waals surface area contributed by atoms with E-state index < -0.39 is 6.23 Å². The highest BCUT2D eigenvalue weighted by Crippen LogP contribution is 2.37. The molecule has 0 radical (unpaired) electrons. The highest BCUT2D eigenvalue weighted by molar-refractivity contribution is 7.09. The number of carbonyl (C=O) groups is 1. The molecular formula is C19H14FNO2S. The molecule has 4 rings (SSSR count). The molecule has 2 aromatic carbocycles. The number of rotatable bonds is 4. The lowest BCUT2D eigenvalue weighted by Gasteiger charge is -2.30. The van der Waals surface area contributed by atoms with Crippen LogP contribution in [0.3, 0.4) is 0 Å². The summed E-state index contributed by atoms with van der Waals surface area (Å²) in [4.78, 5) is 15.3. The van der Waals surface area contributed by atoms with Crippen molar-refractivity contribution in [2.75, 3.05) is 4.90 Å². The third-order valence-electron chi connectivity index (χ3n) is 4.01. The molecule has 5 heteroatoms. The highest BCUT2D eigenvalue weighted by atomic mass is 32.1. The molecule has 1 aliphatic rings. The smallest absolute Gasteiger partial charge is 0.340 e. The van der Waals surface area contributed by atoms with Crippen LogP contribution in [0, 0.1) is 5.82 Å². The van der Waals surface area contributed by atoms with E-state index in [0.29, 0.717) is 12.1 Å². The van der Waals surface area contributed by atoms with Gasteiger partial charge < -0.3 is 9.64 Å². The molecule has 0 amide bonds. The van der Waals surface area contributed by atoms with E-state index in [4.69, 9.17) is 4.74 Å². The quantitative estimate of drug-likeness (QED) is 0.642. The van der Waals surface area contributed by atoms with E-state index in [9.17, 15) is 9.18 Å². The van der Waals surface area contributed by atoms with Gasteiger partial charge >= 0.3 is 5.97 Å². The van der Waals surface area contributed by atoms with Crippen molar-refractivity contribution in [1.82, 2.24) is 0 Å². The maximum absolute atomic E-state index is 13.3. The third kappa shape index (κ3) is 2.67. The van der Waals surface area contributed by atoms with Crippen LogP contribution in [-0.4, -0.2) is 5.97 Å². The largest absolute Gasteiger partial charge is 0.434 e. The van der Waals surface area contributed by atoms with E-state index in [1.807, 2.05) is 40.6 Å². The number of cyclic esters (lactones) is 1. The van der Waals surface area contributed by atoms with E-state index in [0.717, 1.165) is 16.1 Å². The Morgan fingerprint density at radius 3 is 2.58 bits per heavy atom. The summed E-state index contributed by atoms with van der Waals surface area (Å²) < 4.78 is 18.9. The number of hydrogen-bond donors (Lipinski definition) is 0. The third-order valence-corrected chi connectivity index (χ3v) is 4.87. The first kappa shape index (κ1) is 14.9. The minimum absolute atomic E-state index is 0.293. The number of nitrogens with zero attached hydrogens (tertiary/aromatic N) is 1. The van der Waals surface area contributed by atoms with Gasteiger partial charge in [0.2, 0.25) is 6.23 Å². The van der Waals surface area contributed by atoms with Gasteiger partial charge in [0, 0.05) is 16.1 Å². The lowest BCUT2D eigenvalue weighted by molar-refractivity contribution is 0.0375. The molecule has 0 aliphatic carbocycles. The molecule has 1 unspecified atom stereocenters. The van der Waals surface area contributed by atoms with E-state index >= 15 is 0 Å². The lowest BCUT2D eigenvalue weighted by Crippen LogP contribution is -2.28. The van der Waals surface area contributed by atoms with E-state index in [-0.39, 0.29) is 11.8 Å². The fourth-order valence-electron chi connectivity index (χ4n) is 2.87. The van der Waals surface area contributed by atoms with E-state index in [2.05, 4.69) is 0 Å². The number of hydrogen-bond acceptors (Lipinski definition) is 4. The molecule has 3 aromatic rings. The Labute approximate surface area is 142 Å². The molecule has 1 aliphatic heterocycles. The molecule has 0 bridgehead atoms. The van der Waals surface area contributed by atoms with Crippen molar-refractivity contribution in [2.24, 2.45) is 0 Å². The monoisotopic (exact) mass is 339 g/mol. The molecule has 1 atom stereocenters. The Morgan fingerprint density at radius 1 is 1.04 bits per heavy atom. The van der Waals surface area contributed by atoms with Crippen LogP contribution in [0.5, 0.6) is 0 Å². The maximum Gasteiger partial charge on any atom is 0.340 e. The molecule has 1 aromatic heterocycles. The van der Waals surface area contributed by atoms with Crippen LogP contribution < -0.4 is 4.90 Å². The van der Waals surface area contributed by atoms with Gasteiger partial charge in [-0.25, -0.2) is 9.18 Å². The Balaban J connectivity index is 1.75. The van der Waals surface area contributed by atoms with Crippen molar-refractivity contribution < 1.29 is 13.9 Å². The SMILES string of the molecule is O=C1OC(N(Cc2cccs2)c2ccc(F)cc2)c2ccccc21. The van der Waals surface area contributed by atoms with E-state index in [1.165, 1.54) is 12.1 Å². The van der Waals surface area contributed by atoms with Crippen molar-refractivity contribution in [2.45, 2.75) is 12.8 Å². The first-order valence-corrected chi connectivity index (χ1v) is 8.45. The molecule has 0 saturated carbocycles. The summed E-state index contributed by atoms with van der Waals surface area (Å²) in [5.74, 6) is -0.618. The zero-order chi connectivity index (χ0) is 16.5. The zero-order valence-corrected chi connectivity index (χ0v) is 13.5. The fraction of sp³-hybridized carbons (Fsp3) is 0.105. The van der Waals surface area contributed by atoms with Gasteiger partial charge in [-0.1, -0.05) is 24.3 Å². The summed E-state index contributed by atoms with van der Waals surface area (Å²) in [5.41, 5.74) is 2.23. The van der Waals surface area contributed by atoms with Crippen LogP contribution >= 0.6 is 11.3 Å². The van der Waals surface area contributed by atoms with Crippen LogP contribution in [0.1, 0.15) is 27.0 Å². The predicted octanol–water partition coefficient (Wildman–Crippen LogP) is 4.76. The molecule has 24 heavy (non-hydrogen) atoms. The summed E-state index contributed by atoms with van der Waals surface area (Å²) in [6.07, 6.45) is -0.513. The summed E-state index contributed by atoms with van der Waals surface area (Å²) in [7, 11) is 0. The van der Waals surface area contributed by atoms with Crippen molar-refractivity contribution in [3.05, 3.63) is 87.9 Å². The Hall–Kier alpha value is -2.66. The number of esters is 1. The van der Waals surface area contributed by atoms with Gasteiger partial charge in [0.1, 0.15) is 5.82 Å². The summed E-state index contributed by atoms with van der Waals surface area (Å²) >= 11 is 1.63. The van der Waals surface area contributed by atoms with Crippen molar-refractivity contribution >= 4 is 23.0 Å². The Morgan fingerprint density at radius 2 is 1.83 bits per heavy atom. The van der Waals surface area contributed by atoms with Crippen LogP contribution in [0.25, 0.3) is 0 Å². The maximum atomic E-state index is 13.3. The molecule has 0 N–H and O–H groups in total. The minimum atomic E-state index is -0.513. The summed E-state index contributed by atoms with van der Waals surface area (Å²) in [6, 6.07) is 17.6. The number of fused-ring (bicyclic) bond motifs is 1. The molecular weight excluding hydrogens is 325 g/mol. The van der Waals surface area contributed by atoms with Gasteiger partial charge in [0.15, 0.2) is 0 Å². The number of anilines is 1. The second-order valence-corrected chi connectivity index (χ2v) is 6.56. The van der Waals surface area contributed by atoms with Crippen LogP contribution in [0.15, 0.2) is 66.0 Å². The fourth-order valence-corrected chi connectivity index (χ4v) is 3.57. The lowest BCUT2D eigenvalue weighted by atomic mass is 10.1. The van der Waals surface area contributed by atoms with E-state index in [1.54, 1.807) is 29.5 Å². The molecule has 0 fully saturated rings. The summed E-state index contributed by atoms with van der Waals surface area (Å²) in [5, 5.41) is 2.01. The van der Waals surface area contributed by atoms with Crippen LogP contribution in [0.4, 0.5) is 10.1 Å². The number of carbonyl (C=O) groups excluding carboxylic acids is 1. The van der Waals surface area contributed by atoms with Crippen molar-refractivity contribution in [3.63, 3.8) is 0 Å². The second kappa shape index (κ2) is 6.09. The topological polar surface area (TPSA) is 29.5 Å². The first-order valence-electron chi connectivity index (χ1n) is 7.57. The van der Waals surface area contributed by atoms with Crippen LogP contribution in [-0.2, 0) is 11.3 Å².